The Hall–Kier alpha value is -0.720. The molecule has 1 saturated heterocycles. The van der Waals surface area contributed by atoms with Crippen LogP contribution < -0.4 is 5.32 Å². The highest BCUT2D eigenvalue weighted by molar-refractivity contribution is 7.10. The minimum Gasteiger partial charge on any atom is -0.377 e. The van der Waals surface area contributed by atoms with E-state index in [0.29, 0.717) is 6.04 Å². The number of likely N-dealkylation sites (N-methyl/N-ethyl adjacent to an activating group) is 1. The van der Waals surface area contributed by atoms with Crippen LogP contribution in [0.15, 0.2) is 0 Å². The average Bonchev–Trinajstić information content (AvgIpc) is 2.74. The van der Waals surface area contributed by atoms with Crippen molar-refractivity contribution in [2.24, 2.45) is 0 Å². The number of rotatable bonds is 4. The molecule has 0 aromatic carbocycles. The zero-order valence-electron chi connectivity index (χ0n) is 11.5. The molecule has 1 N–H and O–H groups in total. The van der Waals surface area contributed by atoms with E-state index >= 15 is 0 Å². The van der Waals surface area contributed by atoms with Crippen molar-refractivity contribution in [1.29, 1.82) is 0 Å². The minimum absolute atomic E-state index is 0.629. The molecule has 1 aromatic heterocycles. The molecule has 0 bridgehead atoms. The van der Waals surface area contributed by atoms with Crippen LogP contribution in [0.4, 0.5) is 5.00 Å². The van der Waals surface area contributed by atoms with Crippen molar-refractivity contribution in [2.75, 3.05) is 39.0 Å². The number of anilines is 1. The van der Waals surface area contributed by atoms with Crippen molar-refractivity contribution in [3.05, 3.63) is 5.69 Å². The molecular weight excluding hydrogens is 246 g/mol. The minimum atomic E-state index is 0.629. The van der Waals surface area contributed by atoms with Gasteiger partial charge in [-0.3, -0.25) is 4.90 Å². The lowest BCUT2D eigenvalue weighted by molar-refractivity contribution is 0.174. The predicted octanol–water partition coefficient (Wildman–Crippen LogP) is 1.50. The van der Waals surface area contributed by atoms with Crippen LogP contribution >= 0.6 is 11.5 Å². The molecule has 6 heteroatoms. The molecule has 1 fully saturated rings. The van der Waals surface area contributed by atoms with E-state index in [2.05, 4.69) is 38.7 Å². The van der Waals surface area contributed by atoms with Gasteiger partial charge in [-0.15, -0.1) is 5.10 Å². The number of hydrogen-bond donors (Lipinski definition) is 1. The van der Waals surface area contributed by atoms with Gasteiger partial charge in [0, 0.05) is 44.3 Å². The summed E-state index contributed by atoms with van der Waals surface area (Å²) in [5.74, 6) is 0. The smallest absolute Gasteiger partial charge is 0.134 e. The van der Waals surface area contributed by atoms with Crippen LogP contribution in [0, 0.1) is 0 Å². The zero-order valence-corrected chi connectivity index (χ0v) is 12.3. The fraction of sp³-hybridized carbons (Fsp3) is 0.833. The van der Waals surface area contributed by atoms with Gasteiger partial charge in [0.15, 0.2) is 0 Å². The molecule has 1 aliphatic heterocycles. The van der Waals surface area contributed by atoms with Gasteiger partial charge in [0.25, 0.3) is 0 Å². The Morgan fingerprint density at radius 2 is 2.28 bits per heavy atom. The van der Waals surface area contributed by atoms with E-state index in [-0.39, 0.29) is 0 Å². The molecule has 0 amide bonds. The summed E-state index contributed by atoms with van der Waals surface area (Å²) in [6.07, 6.45) is 2.43. The second kappa shape index (κ2) is 6.45. The summed E-state index contributed by atoms with van der Waals surface area (Å²) in [5.41, 5.74) is 1.09. The third-order valence-corrected chi connectivity index (χ3v) is 4.42. The quantitative estimate of drug-likeness (QED) is 0.897. The van der Waals surface area contributed by atoms with Crippen LogP contribution in [0.3, 0.4) is 0 Å². The van der Waals surface area contributed by atoms with Gasteiger partial charge < -0.3 is 10.2 Å². The lowest BCUT2D eigenvalue weighted by Crippen LogP contribution is -2.39. The van der Waals surface area contributed by atoms with E-state index in [9.17, 15) is 0 Å². The molecule has 1 unspecified atom stereocenters. The van der Waals surface area contributed by atoms with Gasteiger partial charge in [0.1, 0.15) is 10.7 Å². The van der Waals surface area contributed by atoms with E-state index in [4.69, 9.17) is 0 Å². The topological polar surface area (TPSA) is 44.3 Å². The van der Waals surface area contributed by atoms with E-state index in [0.717, 1.165) is 30.3 Å². The lowest BCUT2D eigenvalue weighted by atomic mass is 10.2. The summed E-state index contributed by atoms with van der Waals surface area (Å²) in [6.45, 7) is 6.70. The van der Waals surface area contributed by atoms with Gasteiger partial charge in [-0.05, 0) is 26.4 Å². The first-order valence-corrected chi connectivity index (χ1v) is 7.43. The number of hydrogen-bond acceptors (Lipinski definition) is 6. The summed E-state index contributed by atoms with van der Waals surface area (Å²) in [6, 6.07) is 0.629. The molecule has 102 valence electrons. The highest BCUT2D eigenvalue weighted by atomic mass is 32.1. The standard InChI is InChI=1S/C12H23N5S/c1-4-10-8-16(3)6-5-7-17(10)9-11-12(13-2)18-15-14-11/h10,13H,4-9H2,1-3H3. The summed E-state index contributed by atoms with van der Waals surface area (Å²) in [5, 5.41) is 8.53. The SMILES string of the molecule is CCC1CN(C)CCCN1Cc1nnsc1NC. The van der Waals surface area contributed by atoms with Crippen molar-refractivity contribution >= 4 is 16.5 Å². The van der Waals surface area contributed by atoms with Gasteiger partial charge >= 0.3 is 0 Å². The fourth-order valence-electron chi connectivity index (χ4n) is 2.58. The molecule has 1 atom stereocenters. The van der Waals surface area contributed by atoms with Crippen LogP contribution in [0.2, 0.25) is 0 Å². The van der Waals surface area contributed by atoms with Gasteiger partial charge in [0.2, 0.25) is 0 Å². The van der Waals surface area contributed by atoms with Crippen LogP contribution in [-0.4, -0.2) is 59.2 Å². The Labute approximate surface area is 113 Å². The van der Waals surface area contributed by atoms with Crippen molar-refractivity contribution in [1.82, 2.24) is 19.4 Å². The lowest BCUT2D eigenvalue weighted by Gasteiger charge is -2.29. The second-order valence-electron chi connectivity index (χ2n) is 4.95. The Bertz CT molecular complexity index is 367. The first-order valence-electron chi connectivity index (χ1n) is 6.66. The van der Waals surface area contributed by atoms with Gasteiger partial charge in [-0.1, -0.05) is 11.4 Å². The fourth-order valence-corrected chi connectivity index (χ4v) is 3.11. The Balaban J connectivity index is 2.06. The molecule has 2 heterocycles. The first kappa shape index (κ1) is 13.7. The van der Waals surface area contributed by atoms with Crippen molar-refractivity contribution in [3.63, 3.8) is 0 Å². The third-order valence-electron chi connectivity index (χ3n) is 3.63. The largest absolute Gasteiger partial charge is 0.377 e. The Morgan fingerprint density at radius 3 is 3.00 bits per heavy atom. The van der Waals surface area contributed by atoms with Crippen LogP contribution in [0.1, 0.15) is 25.5 Å². The van der Waals surface area contributed by atoms with Crippen molar-refractivity contribution in [3.8, 4) is 0 Å². The molecular formula is C12H23N5S. The Morgan fingerprint density at radius 1 is 1.44 bits per heavy atom. The summed E-state index contributed by atoms with van der Waals surface area (Å²) >= 11 is 1.44. The molecule has 0 saturated carbocycles. The van der Waals surface area contributed by atoms with Crippen LogP contribution in [-0.2, 0) is 6.54 Å². The summed E-state index contributed by atoms with van der Waals surface area (Å²) in [4.78, 5) is 4.99. The monoisotopic (exact) mass is 269 g/mol. The predicted molar refractivity (Wildman–Crippen MR) is 76.1 cm³/mol. The molecule has 0 aliphatic carbocycles. The van der Waals surface area contributed by atoms with E-state index in [1.165, 1.54) is 30.9 Å². The maximum atomic E-state index is 4.25. The average molecular weight is 269 g/mol. The number of nitrogens with one attached hydrogen (secondary N) is 1. The molecule has 2 rings (SSSR count). The molecule has 1 aliphatic rings. The van der Waals surface area contributed by atoms with Crippen LogP contribution in [0.25, 0.3) is 0 Å². The second-order valence-corrected chi connectivity index (χ2v) is 5.70. The van der Waals surface area contributed by atoms with Crippen LogP contribution in [0.5, 0.6) is 0 Å². The number of nitrogens with zero attached hydrogens (tertiary/aromatic N) is 4. The maximum Gasteiger partial charge on any atom is 0.134 e. The third kappa shape index (κ3) is 3.18. The van der Waals surface area contributed by atoms with E-state index < -0.39 is 0 Å². The highest BCUT2D eigenvalue weighted by Gasteiger charge is 2.23. The van der Waals surface area contributed by atoms with Gasteiger partial charge in [0.05, 0.1) is 0 Å². The van der Waals surface area contributed by atoms with Gasteiger partial charge in [-0.25, -0.2) is 0 Å². The normalized spacial score (nSPS) is 22.9. The molecule has 0 radical (unpaired) electrons. The molecule has 18 heavy (non-hydrogen) atoms. The molecule has 5 nitrogen and oxygen atoms in total. The molecule has 1 aromatic rings. The molecule has 0 spiro atoms. The summed E-state index contributed by atoms with van der Waals surface area (Å²) in [7, 11) is 4.15. The first-order chi connectivity index (χ1) is 8.74. The highest BCUT2D eigenvalue weighted by Crippen LogP contribution is 2.21. The zero-order chi connectivity index (χ0) is 13.0. The van der Waals surface area contributed by atoms with Crippen molar-refractivity contribution in [2.45, 2.75) is 32.4 Å². The Kier molecular flexibility index (Phi) is 4.91. The maximum absolute atomic E-state index is 4.25. The number of aromatic nitrogens is 2. The van der Waals surface area contributed by atoms with Crippen molar-refractivity contribution < 1.29 is 0 Å². The summed E-state index contributed by atoms with van der Waals surface area (Å²) < 4.78 is 4.04. The van der Waals surface area contributed by atoms with Gasteiger partial charge in [-0.2, -0.15) is 0 Å². The van der Waals surface area contributed by atoms with E-state index in [1.54, 1.807) is 0 Å². The van der Waals surface area contributed by atoms with E-state index in [1.807, 2.05) is 7.05 Å².